The number of ether oxygens (including phenoxy) is 1. The summed E-state index contributed by atoms with van der Waals surface area (Å²) < 4.78 is 5.87. The van der Waals surface area contributed by atoms with Gasteiger partial charge in [0.05, 0.1) is 11.3 Å². The smallest absolute Gasteiger partial charge is 0.341 e. The molecular formula is C27H23N3O2. The molecule has 0 unspecified atom stereocenters. The van der Waals surface area contributed by atoms with E-state index in [0.29, 0.717) is 11.5 Å². The highest BCUT2D eigenvalue weighted by molar-refractivity contribution is 5.94. The van der Waals surface area contributed by atoms with Crippen LogP contribution in [0.3, 0.4) is 0 Å². The van der Waals surface area contributed by atoms with Crippen molar-refractivity contribution >= 4 is 5.97 Å². The maximum atomic E-state index is 12.3. The molecule has 1 spiro atoms. The van der Waals surface area contributed by atoms with E-state index in [2.05, 4.69) is 69.8 Å². The van der Waals surface area contributed by atoms with Gasteiger partial charge in [-0.3, -0.25) is 10.1 Å². The molecule has 32 heavy (non-hydrogen) atoms. The summed E-state index contributed by atoms with van der Waals surface area (Å²) in [4.78, 5) is 16.4. The second-order valence-corrected chi connectivity index (χ2v) is 8.73. The Bertz CT molecular complexity index is 1290. The topological polar surface area (TPSA) is 67.9 Å². The molecule has 1 aliphatic carbocycles. The molecule has 1 fully saturated rings. The highest BCUT2D eigenvalue weighted by Gasteiger charge is 2.47. The van der Waals surface area contributed by atoms with Crippen molar-refractivity contribution in [2.45, 2.75) is 37.2 Å². The molecule has 1 saturated carbocycles. The Hall–Kier alpha value is -3.73. The third-order valence-corrected chi connectivity index (χ3v) is 6.92. The number of carbonyl (C=O) groups is 1. The molecule has 2 aromatic heterocycles. The van der Waals surface area contributed by atoms with E-state index in [1.807, 2.05) is 12.1 Å². The first kappa shape index (κ1) is 19.0. The number of fused-ring (bicyclic) bond motifs is 2. The minimum atomic E-state index is -0.487. The van der Waals surface area contributed by atoms with Gasteiger partial charge < -0.3 is 4.74 Å². The average Bonchev–Trinajstić information content (AvgIpc) is 3.45. The molecule has 2 aromatic carbocycles. The van der Waals surface area contributed by atoms with Gasteiger partial charge in [-0.05, 0) is 55.0 Å². The number of hydrogen-bond donors (Lipinski definition) is 1. The van der Waals surface area contributed by atoms with Gasteiger partial charge in [0.2, 0.25) is 0 Å². The van der Waals surface area contributed by atoms with Gasteiger partial charge in [-0.2, -0.15) is 5.10 Å². The van der Waals surface area contributed by atoms with Gasteiger partial charge in [0.15, 0.2) is 0 Å². The number of aromatic amines is 1. The van der Waals surface area contributed by atoms with E-state index in [0.717, 1.165) is 48.2 Å². The number of rotatable bonds is 3. The first-order valence-electron chi connectivity index (χ1n) is 11.1. The number of carbonyl (C=O) groups excluding carboxylic acids is 1. The van der Waals surface area contributed by atoms with Gasteiger partial charge in [0, 0.05) is 35.1 Å². The molecule has 0 bridgehead atoms. The Balaban J connectivity index is 1.21. The van der Waals surface area contributed by atoms with Gasteiger partial charge >= 0.3 is 5.97 Å². The second kappa shape index (κ2) is 7.45. The summed E-state index contributed by atoms with van der Waals surface area (Å²) in [5.41, 5.74) is 6.73. The largest absolute Gasteiger partial charge is 0.451 e. The molecular weight excluding hydrogens is 398 g/mol. The van der Waals surface area contributed by atoms with E-state index in [4.69, 9.17) is 4.74 Å². The van der Waals surface area contributed by atoms with Crippen LogP contribution in [0, 0.1) is 0 Å². The summed E-state index contributed by atoms with van der Waals surface area (Å²) in [6, 6.07) is 23.0. The SMILES string of the molecule is O=C1OC2(CCC(c3cc(-c4cccc(-c5ccccc5)c4)n[nH]3)CC2)c2ccncc21. The summed E-state index contributed by atoms with van der Waals surface area (Å²) in [6.45, 7) is 0. The normalized spacial score (nSPS) is 22.0. The molecule has 4 aromatic rings. The zero-order chi connectivity index (χ0) is 21.5. The Labute approximate surface area is 186 Å². The van der Waals surface area contributed by atoms with E-state index < -0.39 is 5.60 Å². The number of H-pyrrole nitrogens is 1. The third-order valence-electron chi connectivity index (χ3n) is 6.92. The van der Waals surface area contributed by atoms with Crippen LogP contribution >= 0.6 is 0 Å². The van der Waals surface area contributed by atoms with Crippen LogP contribution in [0.4, 0.5) is 0 Å². The van der Waals surface area contributed by atoms with Crippen LogP contribution in [-0.4, -0.2) is 21.2 Å². The zero-order valence-corrected chi connectivity index (χ0v) is 17.6. The lowest BCUT2D eigenvalue weighted by atomic mass is 9.74. The average molecular weight is 422 g/mol. The molecule has 1 aliphatic heterocycles. The molecule has 3 heterocycles. The molecule has 158 valence electrons. The third kappa shape index (κ3) is 3.12. The van der Waals surface area contributed by atoms with Crippen LogP contribution in [0.5, 0.6) is 0 Å². The lowest BCUT2D eigenvalue weighted by molar-refractivity contribution is -0.0311. The van der Waals surface area contributed by atoms with Crippen molar-refractivity contribution < 1.29 is 9.53 Å². The van der Waals surface area contributed by atoms with Crippen molar-refractivity contribution in [2.75, 3.05) is 0 Å². The summed E-state index contributed by atoms with van der Waals surface area (Å²) in [7, 11) is 0. The Morgan fingerprint density at radius 2 is 1.69 bits per heavy atom. The highest BCUT2D eigenvalue weighted by atomic mass is 16.6. The van der Waals surface area contributed by atoms with Crippen molar-refractivity contribution in [3.05, 3.63) is 95.9 Å². The van der Waals surface area contributed by atoms with Crippen molar-refractivity contribution in [3.63, 3.8) is 0 Å². The number of pyridine rings is 1. The van der Waals surface area contributed by atoms with Crippen LogP contribution in [0.2, 0.25) is 0 Å². The molecule has 1 N–H and O–H groups in total. The monoisotopic (exact) mass is 421 g/mol. The lowest BCUT2D eigenvalue weighted by Crippen LogP contribution is -2.31. The van der Waals surface area contributed by atoms with Crippen LogP contribution in [-0.2, 0) is 10.3 Å². The number of nitrogens with one attached hydrogen (secondary N) is 1. The van der Waals surface area contributed by atoms with E-state index in [1.54, 1.807) is 12.4 Å². The van der Waals surface area contributed by atoms with E-state index >= 15 is 0 Å². The molecule has 2 aliphatic rings. The number of nitrogens with zero attached hydrogens (tertiary/aromatic N) is 2. The first-order chi connectivity index (χ1) is 15.7. The first-order valence-corrected chi connectivity index (χ1v) is 11.1. The second-order valence-electron chi connectivity index (χ2n) is 8.73. The fraction of sp³-hybridized carbons (Fsp3) is 0.222. The lowest BCUT2D eigenvalue weighted by Gasteiger charge is -2.36. The number of benzene rings is 2. The maximum absolute atomic E-state index is 12.3. The summed E-state index contributed by atoms with van der Waals surface area (Å²) in [5, 5.41) is 7.89. The maximum Gasteiger partial charge on any atom is 0.341 e. The quantitative estimate of drug-likeness (QED) is 0.421. The zero-order valence-electron chi connectivity index (χ0n) is 17.6. The number of esters is 1. The fourth-order valence-electron chi connectivity index (χ4n) is 5.19. The van der Waals surface area contributed by atoms with Crippen LogP contribution in [0.15, 0.2) is 79.1 Å². The predicted molar refractivity (Wildman–Crippen MR) is 122 cm³/mol. The summed E-state index contributed by atoms with van der Waals surface area (Å²) in [5.74, 6) is 0.137. The molecule has 0 atom stereocenters. The van der Waals surface area contributed by atoms with E-state index in [1.165, 1.54) is 11.1 Å². The molecule has 0 radical (unpaired) electrons. The van der Waals surface area contributed by atoms with Crippen molar-refractivity contribution in [1.29, 1.82) is 0 Å². The highest BCUT2D eigenvalue weighted by Crippen LogP contribution is 2.49. The standard InChI is InChI=1S/C27H23N3O2/c31-26-22-17-28-14-11-23(22)27(32-26)12-9-19(10-13-27)24-16-25(30-29-24)21-8-4-7-20(15-21)18-5-2-1-3-6-18/h1-8,11,14-17,19H,9-10,12-13H2,(H,29,30). The number of aromatic nitrogens is 3. The molecule has 0 amide bonds. The van der Waals surface area contributed by atoms with Crippen molar-refractivity contribution in [2.24, 2.45) is 0 Å². The van der Waals surface area contributed by atoms with E-state index in [-0.39, 0.29) is 5.97 Å². The Morgan fingerprint density at radius 1 is 0.906 bits per heavy atom. The molecule has 5 heteroatoms. The minimum absolute atomic E-state index is 0.242. The summed E-state index contributed by atoms with van der Waals surface area (Å²) >= 11 is 0. The predicted octanol–water partition coefficient (Wildman–Crippen LogP) is 5.86. The molecule has 0 saturated heterocycles. The van der Waals surface area contributed by atoms with Gasteiger partial charge in [0.1, 0.15) is 5.60 Å². The van der Waals surface area contributed by atoms with Gasteiger partial charge in [0.25, 0.3) is 0 Å². The van der Waals surface area contributed by atoms with Gasteiger partial charge in [-0.15, -0.1) is 0 Å². The fourth-order valence-corrected chi connectivity index (χ4v) is 5.19. The van der Waals surface area contributed by atoms with Crippen molar-refractivity contribution in [3.8, 4) is 22.4 Å². The molecule has 5 nitrogen and oxygen atoms in total. The van der Waals surface area contributed by atoms with Crippen LogP contribution in [0.25, 0.3) is 22.4 Å². The minimum Gasteiger partial charge on any atom is -0.451 e. The number of hydrogen-bond acceptors (Lipinski definition) is 4. The van der Waals surface area contributed by atoms with Crippen molar-refractivity contribution in [1.82, 2.24) is 15.2 Å². The Morgan fingerprint density at radius 3 is 2.53 bits per heavy atom. The summed E-state index contributed by atoms with van der Waals surface area (Å²) in [6.07, 6.45) is 6.90. The van der Waals surface area contributed by atoms with Gasteiger partial charge in [-0.1, -0.05) is 48.5 Å². The van der Waals surface area contributed by atoms with Crippen LogP contribution < -0.4 is 0 Å². The van der Waals surface area contributed by atoms with E-state index in [9.17, 15) is 4.79 Å². The van der Waals surface area contributed by atoms with Crippen LogP contribution in [0.1, 0.15) is 53.2 Å². The Kier molecular flexibility index (Phi) is 4.42. The molecule has 6 rings (SSSR count). The van der Waals surface area contributed by atoms with Gasteiger partial charge in [-0.25, -0.2) is 4.79 Å².